The average molecular weight is 390 g/mol. The number of amides is 1. The van der Waals surface area contributed by atoms with E-state index in [2.05, 4.69) is 78.3 Å². The van der Waals surface area contributed by atoms with Crippen LogP contribution < -0.4 is 4.90 Å². The number of aryl methyl sites for hydroxylation is 2. The zero-order valence-electron chi connectivity index (χ0n) is 17.6. The van der Waals surface area contributed by atoms with Gasteiger partial charge < -0.3 is 9.80 Å². The number of rotatable bonds is 4. The number of carbonyl (C=O) groups excluding carboxylic acids is 1. The maximum atomic E-state index is 13.0. The van der Waals surface area contributed by atoms with Crippen LogP contribution in [0.15, 0.2) is 60.2 Å². The fourth-order valence-corrected chi connectivity index (χ4v) is 4.31. The lowest BCUT2D eigenvalue weighted by Gasteiger charge is -2.37. The topological polar surface area (TPSA) is 26.8 Å². The number of piperazine rings is 1. The van der Waals surface area contributed by atoms with Crippen molar-refractivity contribution in [2.45, 2.75) is 26.8 Å². The molecule has 2 heterocycles. The van der Waals surface area contributed by atoms with E-state index in [0.717, 1.165) is 57.8 Å². The van der Waals surface area contributed by atoms with Gasteiger partial charge in [-0.1, -0.05) is 48.0 Å². The summed E-state index contributed by atoms with van der Waals surface area (Å²) in [6, 6.07) is 17.3. The van der Waals surface area contributed by atoms with Crippen LogP contribution in [0.1, 0.15) is 23.1 Å². The van der Waals surface area contributed by atoms with Crippen LogP contribution in [0.5, 0.6) is 0 Å². The molecule has 2 aromatic rings. The molecule has 1 fully saturated rings. The van der Waals surface area contributed by atoms with Gasteiger partial charge in [0.25, 0.3) is 0 Å². The van der Waals surface area contributed by atoms with E-state index in [1.165, 1.54) is 22.4 Å². The highest BCUT2D eigenvalue weighted by molar-refractivity contribution is 5.93. The Bertz CT molecular complexity index is 896. The second kappa shape index (κ2) is 8.83. The first-order valence-corrected chi connectivity index (χ1v) is 10.7. The molecule has 2 aliphatic rings. The molecule has 152 valence electrons. The predicted octanol–water partition coefficient (Wildman–Crippen LogP) is 3.78. The largest absolute Gasteiger partial charge is 0.368 e. The van der Waals surface area contributed by atoms with Crippen LogP contribution in [0.3, 0.4) is 0 Å². The first kappa shape index (κ1) is 19.7. The Morgan fingerprint density at radius 1 is 0.897 bits per heavy atom. The molecule has 0 spiro atoms. The molecule has 4 heteroatoms. The second-order valence-electron chi connectivity index (χ2n) is 8.32. The monoisotopic (exact) mass is 389 g/mol. The summed E-state index contributed by atoms with van der Waals surface area (Å²) in [6.07, 6.45) is 3.00. The van der Waals surface area contributed by atoms with Crippen molar-refractivity contribution < 1.29 is 4.79 Å². The Morgan fingerprint density at radius 2 is 1.62 bits per heavy atom. The molecule has 2 aliphatic heterocycles. The van der Waals surface area contributed by atoms with E-state index in [4.69, 9.17) is 0 Å². The number of carbonyl (C=O) groups is 1. The summed E-state index contributed by atoms with van der Waals surface area (Å²) < 4.78 is 0. The lowest BCUT2D eigenvalue weighted by atomic mass is 10.0. The standard InChI is InChI=1S/C25H31N3O/c1-20-5-3-7-22(17-20)19-26-11-9-23(10-12-26)25(29)28-15-13-27(14-16-28)24-8-4-6-21(2)18-24/h3-9,17-18H,10-16,19H2,1-2H3. The maximum absolute atomic E-state index is 13.0. The van der Waals surface area contributed by atoms with Crippen molar-refractivity contribution in [1.82, 2.24) is 9.80 Å². The molecule has 1 amide bonds. The van der Waals surface area contributed by atoms with Gasteiger partial charge in [0.15, 0.2) is 0 Å². The van der Waals surface area contributed by atoms with Gasteiger partial charge in [0.2, 0.25) is 5.91 Å². The van der Waals surface area contributed by atoms with Crippen LogP contribution in [-0.2, 0) is 11.3 Å². The molecule has 0 aliphatic carbocycles. The minimum absolute atomic E-state index is 0.240. The third-order valence-electron chi connectivity index (χ3n) is 5.99. The quantitative estimate of drug-likeness (QED) is 0.796. The van der Waals surface area contributed by atoms with Crippen LogP contribution >= 0.6 is 0 Å². The molecule has 4 nitrogen and oxygen atoms in total. The van der Waals surface area contributed by atoms with Gasteiger partial charge >= 0.3 is 0 Å². The second-order valence-corrected chi connectivity index (χ2v) is 8.32. The first-order chi connectivity index (χ1) is 14.1. The minimum Gasteiger partial charge on any atom is -0.368 e. The van der Waals surface area contributed by atoms with E-state index < -0.39 is 0 Å². The Balaban J connectivity index is 1.30. The van der Waals surface area contributed by atoms with Crippen molar-refractivity contribution in [3.8, 4) is 0 Å². The first-order valence-electron chi connectivity index (χ1n) is 10.7. The summed E-state index contributed by atoms with van der Waals surface area (Å²) in [7, 11) is 0. The van der Waals surface area contributed by atoms with E-state index in [-0.39, 0.29) is 5.91 Å². The van der Waals surface area contributed by atoms with Crippen molar-refractivity contribution >= 4 is 11.6 Å². The molecule has 0 N–H and O–H groups in total. The Morgan fingerprint density at radius 3 is 2.28 bits per heavy atom. The SMILES string of the molecule is Cc1cccc(CN2CC=C(C(=O)N3CCN(c4cccc(C)c4)CC3)CC2)c1. The molecule has 0 aromatic heterocycles. The number of benzene rings is 2. The Hall–Kier alpha value is -2.59. The van der Waals surface area contributed by atoms with Gasteiger partial charge in [-0.3, -0.25) is 9.69 Å². The number of hydrogen-bond donors (Lipinski definition) is 0. The molecule has 1 saturated heterocycles. The number of hydrogen-bond acceptors (Lipinski definition) is 3. The highest BCUT2D eigenvalue weighted by Crippen LogP contribution is 2.21. The van der Waals surface area contributed by atoms with Crippen LogP contribution in [0.25, 0.3) is 0 Å². The molecule has 0 atom stereocenters. The third kappa shape index (κ3) is 4.88. The van der Waals surface area contributed by atoms with E-state index >= 15 is 0 Å². The molecule has 0 saturated carbocycles. The third-order valence-corrected chi connectivity index (χ3v) is 5.99. The van der Waals surface area contributed by atoms with Gasteiger partial charge in [0.05, 0.1) is 0 Å². The van der Waals surface area contributed by atoms with Crippen molar-refractivity contribution in [2.75, 3.05) is 44.2 Å². The fraction of sp³-hybridized carbons (Fsp3) is 0.400. The maximum Gasteiger partial charge on any atom is 0.249 e. The van der Waals surface area contributed by atoms with E-state index in [0.29, 0.717) is 0 Å². The lowest BCUT2D eigenvalue weighted by Crippen LogP contribution is -2.49. The van der Waals surface area contributed by atoms with E-state index in [1.54, 1.807) is 0 Å². The van der Waals surface area contributed by atoms with Gasteiger partial charge in [0, 0.05) is 57.1 Å². The molecule has 29 heavy (non-hydrogen) atoms. The lowest BCUT2D eigenvalue weighted by molar-refractivity contribution is -0.127. The zero-order valence-corrected chi connectivity index (χ0v) is 17.6. The zero-order chi connectivity index (χ0) is 20.2. The summed E-state index contributed by atoms with van der Waals surface area (Å²) in [4.78, 5) is 19.8. The average Bonchev–Trinajstić information content (AvgIpc) is 2.74. The summed E-state index contributed by atoms with van der Waals surface area (Å²) >= 11 is 0. The highest BCUT2D eigenvalue weighted by Gasteiger charge is 2.25. The summed E-state index contributed by atoms with van der Waals surface area (Å²) in [5.74, 6) is 0.240. The van der Waals surface area contributed by atoms with Crippen molar-refractivity contribution in [2.24, 2.45) is 0 Å². The normalized spacial score (nSPS) is 17.9. The summed E-state index contributed by atoms with van der Waals surface area (Å²) in [5.41, 5.74) is 6.19. The smallest absolute Gasteiger partial charge is 0.249 e. The predicted molar refractivity (Wildman–Crippen MR) is 119 cm³/mol. The molecule has 0 bridgehead atoms. The van der Waals surface area contributed by atoms with Gasteiger partial charge in [-0.2, -0.15) is 0 Å². The molecular formula is C25H31N3O. The van der Waals surface area contributed by atoms with E-state index in [1.807, 2.05) is 4.90 Å². The minimum atomic E-state index is 0.240. The summed E-state index contributed by atoms with van der Waals surface area (Å²) in [6.45, 7) is 10.4. The Kier molecular flexibility index (Phi) is 6.00. The molecular weight excluding hydrogens is 358 g/mol. The molecule has 2 aromatic carbocycles. The van der Waals surface area contributed by atoms with Gasteiger partial charge in [-0.05, 0) is 43.5 Å². The molecule has 0 unspecified atom stereocenters. The van der Waals surface area contributed by atoms with Crippen molar-refractivity contribution in [3.63, 3.8) is 0 Å². The number of nitrogens with zero attached hydrogens (tertiary/aromatic N) is 3. The van der Waals surface area contributed by atoms with Crippen LogP contribution in [0.4, 0.5) is 5.69 Å². The van der Waals surface area contributed by atoms with Crippen LogP contribution in [0, 0.1) is 13.8 Å². The molecule has 0 radical (unpaired) electrons. The van der Waals surface area contributed by atoms with Crippen LogP contribution in [0.2, 0.25) is 0 Å². The van der Waals surface area contributed by atoms with Gasteiger partial charge in [-0.25, -0.2) is 0 Å². The van der Waals surface area contributed by atoms with Crippen molar-refractivity contribution in [1.29, 1.82) is 0 Å². The summed E-state index contributed by atoms with van der Waals surface area (Å²) in [5, 5.41) is 0. The fourth-order valence-electron chi connectivity index (χ4n) is 4.31. The van der Waals surface area contributed by atoms with Crippen molar-refractivity contribution in [3.05, 3.63) is 76.9 Å². The van der Waals surface area contributed by atoms with Crippen LogP contribution in [-0.4, -0.2) is 55.0 Å². The number of anilines is 1. The van der Waals surface area contributed by atoms with Gasteiger partial charge in [0.1, 0.15) is 0 Å². The molecule has 4 rings (SSSR count). The van der Waals surface area contributed by atoms with E-state index in [9.17, 15) is 4.79 Å². The Labute approximate surface area is 174 Å². The highest BCUT2D eigenvalue weighted by atomic mass is 16.2. The van der Waals surface area contributed by atoms with Gasteiger partial charge in [-0.15, -0.1) is 0 Å².